The number of aryl methyl sites for hydroxylation is 1. The molecule has 1 amide bonds. The van der Waals surface area contributed by atoms with E-state index in [4.69, 9.17) is 4.42 Å². The Labute approximate surface area is 175 Å². The molecule has 1 saturated heterocycles. The Morgan fingerprint density at radius 1 is 1.27 bits per heavy atom. The summed E-state index contributed by atoms with van der Waals surface area (Å²) in [6, 6.07) is 10.1. The third-order valence-electron chi connectivity index (χ3n) is 5.11. The van der Waals surface area contributed by atoms with Crippen LogP contribution in [-0.2, 0) is 4.79 Å². The van der Waals surface area contributed by atoms with Crippen LogP contribution in [0.5, 0.6) is 0 Å². The molecular weight excluding hydrogens is 380 g/mol. The van der Waals surface area contributed by atoms with Crippen molar-refractivity contribution in [3.8, 4) is 0 Å². The monoisotopic (exact) mass is 406 g/mol. The Morgan fingerprint density at radius 3 is 2.87 bits per heavy atom. The average molecular weight is 406 g/mol. The number of amides is 1. The van der Waals surface area contributed by atoms with Gasteiger partial charge in [0.1, 0.15) is 6.26 Å². The van der Waals surface area contributed by atoms with E-state index >= 15 is 0 Å². The number of oxazole rings is 1. The second-order valence-electron chi connectivity index (χ2n) is 7.25. The van der Waals surface area contributed by atoms with Gasteiger partial charge in [0.25, 0.3) is 0 Å². The summed E-state index contributed by atoms with van der Waals surface area (Å²) < 4.78 is 5.58. The molecule has 3 aromatic rings. The van der Waals surface area contributed by atoms with Crippen LogP contribution in [0.25, 0.3) is 0 Å². The van der Waals surface area contributed by atoms with Crippen LogP contribution in [0, 0.1) is 6.92 Å². The van der Waals surface area contributed by atoms with Gasteiger partial charge in [-0.2, -0.15) is 0 Å². The zero-order chi connectivity index (χ0) is 20.8. The first-order valence-electron chi connectivity index (χ1n) is 10.1. The Kier molecular flexibility index (Phi) is 6.36. The van der Waals surface area contributed by atoms with E-state index in [2.05, 4.69) is 25.5 Å². The van der Waals surface area contributed by atoms with Crippen LogP contribution < -0.4 is 15.5 Å². The fraction of sp³-hybridized carbons (Fsp3) is 0.318. The van der Waals surface area contributed by atoms with E-state index in [1.54, 1.807) is 18.6 Å². The molecule has 0 spiro atoms. The molecule has 0 atom stereocenters. The van der Waals surface area contributed by atoms with Gasteiger partial charge in [-0.25, -0.2) is 4.98 Å². The lowest BCUT2D eigenvalue weighted by Crippen LogP contribution is -2.44. The standard InChI is InChI=1S/C22H26N6O2/c1-17-4-5-18(26-21(29)6-11-27-12-8-23-9-13-27)15-20(17)28(22-25-10-14-30-22)19-3-2-7-24-16-19/h2-5,7,10,14-16,23H,6,8-9,11-13H2,1H3,(H,26,29). The summed E-state index contributed by atoms with van der Waals surface area (Å²) in [5.41, 5.74) is 3.45. The predicted molar refractivity (Wildman–Crippen MR) is 116 cm³/mol. The number of carbonyl (C=O) groups is 1. The first-order valence-corrected chi connectivity index (χ1v) is 10.1. The lowest BCUT2D eigenvalue weighted by molar-refractivity contribution is -0.116. The molecule has 1 aromatic carbocycles. The summed E-state index contributed by atoms with van der Waals surface area (Å²) in [4.78, 5) is 25.2. The maximum absolute atomic E-state index is 12.5. The molecule has 8 heteroatoms. The van der Waals surface area contributed by atoms with Crippen molar-refractivity contribution in [3.05, 3.63) is 60.7 Å². The Bertz CT molecular complexity index is 955. The quantitative estimate of drug-likeness (QED) is 0.623. The number of hydrogen-bond donors (Lipinski definition) is 2. The van der Waals surface area contributed by atoms with Crippen molar-refractivity contribution in [2.45, 2.75) is 13.3 Å². The maximum Gasteiger partial charge on any atom is 0.306 e. The summed E-state index contributed by atoms with van der Waals surface area (Å²) in [6.07, 6.45) is 7.09. The van der Waals surface area contributed by atoms with Crippen LogP contribution in [-0.4, -0.2) is 53.5 Å². The molecule has 0 bridgehead atoms. The summed E-state index contributed by atoms with van der Waals surface area (Å²) in [5, 5.41) is 6.35. The van der Waals surface area contributed by atoms with E-state index in [0.29, 0.717) is 12.4 Å². The van der Waals surface area contributed by atoms with Crippen LogP contribution in [0.3, 0.4) is 0 Å². The van der Waals surface area contributed by atoms with Crippen LogP contribution >= 0.6 is 0 Å². The van der Waals surface area contributed by atoms with Crippen molar-refractivity contribution >= 4 is 29.0 Å². The number of rotatable bonds is 7. The molecule has 156 valence electrons. The van der Waals surface area contributed by atoms with Gasteiger partial charge in [0.05, 0.1) is 23.8 Å². The molecule has 1 aliphatic heterocycles. The first-order chi connectivity index (χ1) is 14.7. The van der Waals surface area contributed by atoms with Gasteiger partial charge >= 0.3 is 6.01 Å². The second kappa shape index (κ2) is 9.51. The summed E-state index contributed by atoms with van der Waals surface area (Å²) in [7, 11) is 0. The van der Waals surface area contributed by atoms with E-state index in [9.17, 15) is 4.79 Å². The zero-order valence-electron chi connectivity index (χ0n) is 17.0. The molecule has 1 fully saturated rings. The molecule has 0 aliphatic carbocycles. The SMILES string of the molecule is Cc1ccc(NC(=O)CCN2CCNCC2)cc1N(c1cccnc1)c1ncco1. The predicted octanol–water partition coefficient (Wildman–Crippen LogP) is 3.08. The number of benzene rings is 1. The fourth-order valence-electron chi connectivity index (χ4n) is 3.51. The van der Waals surface area contributed by atoms with Crippen molar-refractivity contribution in [1.82, 2.24) is 20.2 Å². The minimum absolute atomic E-state index is 0.00684. The summed E-state index contributed by atoms with van der Waals surface area (Å²) >= 11 is 0. The van der Waals surface area contributed by atoms with Crippen molar-refractivity contribution in [3.63, 3.8) is 0 Å². The molecule has 8 nitrogen and oxygen atoms in total. The highest BCUT2D eigenvalue weighted by molar-refractivity contribution is 5.92. The highest BCUT2D eigenvalue weighted by Gasteiger charge is 2.19. The van der Waals surface area contributed by atoms with Gasteiger partial charge in [-0.1, -0.05) is 6.07 Å². The first kappa shape index (κ1) is 20.1. The van der Waals surface area contributed by atoms with E-state index < -0.39 is 0 Å². The minimum atomic E-state index is 0.00684. The number of nitrogens with zero attached hydrogens (tertiary/aromatic N) is 4. The molecule has 0 saturated carbocycles. The molecule has 1 aliphatic rings. The normalized spacial score (nSPS) is 14.4. The minimum Gasteiger partial charge on any atom is -0.432 e. The van der Waals surface area contributed by atoms with Gasteiger partial charge in [0, 0.05) is 51.0 Å². The van der Waals surface area contributed by atoms with Gasteiger partial charge in [0.2, 0.25) is 5.91 Å². The number of anilines is 4. The molecule has 0 unspecified atom stereocenters. The third kappa shape index (κ3) is 4.84. The van der Waals surface area contributed by atoms with Crippen molar-refractivity contribution in [1.29, 1.82) is 0 Å². The summed E-state index contributed by atoms with van der Waals surface area (Å²) in [5.74, 6) is 0.00684. The van der Waals surface area contributed by atoms with Crippen molar-refractivity contribution < 1.29 is 9.21 Å². The number of hydrogen-bond acceptors (Lipinski definition) is 7. The van der Waals surface area contributed by atoms with Crippen LogP contribution in [0.2, 0.25) is 0 Å². The molecule has 30 heavy (non-hydrogen) atoms. The number of aromatic nitrogens is 2. The third-order valence-corrected chi connectivity index (χ3v) is 5.11. The van der Waals surface area contributed by atoms with Crippen molar-refractivity contribution in [2.75, 3.05) is 42.9 Å². The number of carbonyl (C=O) groups excluding carboxylic acids is 1. The van der Waals surface area contributed by atoms with Crippen LogP contribution in [0.4, 0.5) is 23.1 Å². The second-order valence-corrected chi connectivity index (χ2v) is 7.25. The molecule has 2 aromatic heterocycles. The molecule has 3 heterocycles. The lowest BCUT2D eigenvalue weighted by Gasteiger charge is -2.26. The largest absolute Gasteiger partial charge is 0.432 e. The number of piperazine rings is 1. The van der Waals surface area contributed by atoms with Gasteiger partial charge < -0.3 is 20.0 Å². The Morgan fingerprint density at radius 2 is 2.13 bits per heavy atom. The number of pyridine rings is 1. The van der Waals surface area contributed by atoms with E-state index in [0.717, 1.165) is 55.3 Å². The number of nitrogens with one attached hydrogen (secondary N) is 2. The van der Waals surface area contributed by atoms with Crippen LogP contribution in [0.15, 0.2) is 59.6 Å². The smallest absolute Gasteiger partial charge is 0.306 e. The molecule has 0 radical (unpaired) electrons. The van der Waals surface area contributed by atoms with Crippen molar-refractivity contribution in [2.24, 2.45) is 0 Å². The highest BCUT2D eigenvalue weighted by Crippen LogP contribution is 2.36. The van der Waals surface area contributed by atoms with E-state index in [-0.39, 0.29) is 5.91 Å². The molecular formula is C22H26N6O2. The van der Waals surface area contributed by atoms with Gasteiger partial charge in [-0.15, -0.1) is 0 Å². The lowest BCUT2D eigenvalue weighted by atomic mass is 10.1. The zero-order valence-corrected chi connectivity index (χ0v) is 17.0. The summed E-state index contributed by atoms with van der Waals surface area (Å²) in [6.45, 7) is 6.71. The van der Waals surface area contributed by atoms with Gasteiger partial charge in [0.15, 0.2) is 0 Å². The Hall–Kier alpha value is -3.23. The topological polar surface area (TPSA) is 86.5 Å². The fourth-order valence-corrected chi connectivity index (χ4v) is 3.51. The molecule has 4 rings (SSSR count). The van der Waals surface area contributed by atoms with Gasteiger partial charge in [-0.05, 0) is 36.8 Å². The van der Waals surface area contributed by atoms with Crippen LogP contribution in [0.1, 0.15) is 12.0 Å². The Balaban J connectivity index is 1.52. The molecule has 2 N–H and O–H groups in total. The van der Waals surface area contributed by atoms with E-state index in [1.165, 1.54) is 6.26 Å². The highest BCUT2D eigenvalue weighted by atomic mass is 16.4. The van der Waals surface area contributed by atoms with Gasteiger partial charge in [-0.3, -0.25) is 14.7 Å². The van der Waals surface area contributed by atoms with E-state index in [1.807, 2.05) is 42.2 Å². The maximum atomic E-state index is 12.5. The average Bonchev–Trinajstić information content (AvgIpc) is 3.30.